The summed E-state index contributed by atoms with van der Waals surface area (Å²) in [5, 5.41) is 15.5. The molecule has 0 radical (unpaired) electrons. The van der Waals surface area contributed by atoms with Crippen molar-refractivity contribution < 1.29 is 14.6 Å². The van der Waals surface area contributed by atoms with Crippen LogP contribution in [-0.2, 0) is 6.54 Å². The first kappa shape index (κ1) is 22.6. The summed E-state index contributed by atoms with van der Waals surface area (Å²) in [6.45, 7) is 6.40. The lowest BCUT2D eigenvalue weighted by molar-refractivity contribution is 0.105. The third kappa shape index (κ3) is 4.34. The zero-order valence-corrected chi connectivity index (χ0v) is 20.5. The Balaban J connectivity index is 1.46. The molecule has 2 aromatic carbocycles. The molecule has 1 aliphatic rings. The first-order chi connectivity index (χ1) is 16.6. The lowest BCUT2D eigenvalue weighted by atomic mass is 10.0. The van der Waals surface area contributed by atoms with Gasteiger partial charge in [0, 0.05) is 32.7 Å². The monoisotopic (exact) mass is 479 g/mol. The highest BCUT2D eigenvalue weighted by Crippen LogP contribution is 2.42. The van der Waals surface area contributed by atoms with Gasteiger partial charge in [-0.15, -0.1) is 5.10 Å². The molecule has 3 heterocycles. The summed E-state index contributed by atoms with van der Waals surface area (Å²) < 4.78 is 12.6. The molecular formula is C25H29N5O3S. The standard InChI is InChI=1S/C25H29N5O3S/c1-17-26-25-30(27-17)24(31)23(34-25)22(19-9-10-20(32-2)21(15-19)33-3)29-13-11-28(12-14-29)16-18-7-5-4-6-8-18/h4-10,15,22,31H,11-14,16H2,1-3H3/t22-/m0/s1. The van der Waals surface area contributed by atoms with E-state index in [1.54, 1.807) is 14.2 Å². The Morgan fingerprint density at radius 3 is 2.41 bits per heavy atom. The van der Waals surface area contributed by atoms with Crippen LogP contribution in [0, 0.1) is 6.92 Å². The van der Waals surface area contributed by atoms with Crippen molar-refractivity contribution in [1.82, 2.24) is 24.4 Å². The number of nitrogens with zero attached hydrogens (tertiary/aromatic N) is 5. The minimum atomic E-state index is -0.146. The van der Waals surface area contributed by atoms with Crippen LogP contribution >= 0.6 is 11.3 Å². The Morgan fingerprint density at radius 1 is 1.00 bits per heavy atom. The number of piperazine rings is 1. The Hall–Kier alpha value is -3.14. The van der Waals surface area contributed by atoms with Gasteiger partial charge in [-0.1, -0.05) is 47.7 Å². The third-order valence-corrected chi connectivity index (χ3v) is 7.37. The van der Waals surface area contributed by atoms with E-state index < -0.39 is 0 Å². The first-order valence-corrected chi connectivity index (χ1v) is 12.2. The molecule has 1 saturated heterocycles. The first-order valence-electron chi connectivity index (χ1n) is 11.3. The van der Waals surface area contributed by atoms with E-state index in [0.717, 1.165) is 43.2 Å². The average Bonchev–Trinajstić information content (AvgIpc) is 3.37. The maximum Gasteiger partial charge on any atom is 0.230 e. The van der Waals surface area contributed by atoms with Crippen molar-refractivity contribution in [3.63, 3.8) is 0 Å². The van der Waals surface area contributed by atoms with Crippen LogP contribution in [0.25, 0.3) is 4.96 Å². The van der Waals surface area contributed by atoms with Crippen LogP contribution in [0.1, 0.15) is 27.9 Å². The molecule has 2 aromatic heterocycles. The summed E-state index contributed by atoms with van der Waals surface area (Å²) in [7, 11) is 3.28. The van der Waals surface area contributed by atoms with Gasteiger partial charge in [-0.3, -0.25) is 9.80 Å². The van der Waals surface area contributed by atoms with Crippen molar-refractivity contribution in [2.75, 3.05) is 40.4 Å². The van der Waals surface area contributed by atoms with Crippen LogP contribution in [0.2, 0.25) is 0 Å². The molecule has 178 valence electrons. The number of rotatable bonds is 7. The molecule has 1 fully saturated rings. The van der Waals surface area contributed by atoms with Gasteiger partial charge in [0.1, 0.15) is 5.82 Å². The number of aromatic hydroxyl groups is 1. The summed E-state index contributed by atoms with van der Waals surface area (Å²) in [5.41, 5.74) is 2.36. The van der Waals surface area contributed by atoms with Crippen LogP contribution in [0.5, 0.6) is 17.4 Å². The SMILES string of the molecule is COc1ccc([C@@H](c2sc3nc(C)nn3c2O)N2CCN(Cc3ccccc3)CC2)cc1OC. The van der Waals surface area contributed by atoms with E-state index in [1.807, 2.05) is 25.1 Å². The highest BCUT2D eigenvalue weighted by atomic mass is 32.1. The Morgan fingerprint density at radius 2 is 1.74 bits per heavy atom. The molecule has 0 amide bonds. The highest BCUT2D eigenvalue weighted by Gasteiger charge is 2.32. The number of hydrogen-bond donors (Lipinski definition) is 1. The second-order valence-electron chi connectivity index (χ2n) is 8.46. The summed E-state index contributed by atoms with van der Waals surface area (Å²) in [5.74, 6) is 2.14. The minimum absolute atomic E-state index is 0.145. The largest absolute Gasteiger partial charge is 0.493 e. The van der Waals surface area contributed by atoms with Crippen molar-refractivity contribution in [2.24, 2.45) is 0 Å². The van der Waals surface area contributed by atoms with E-state index in [4.69, 9.17) is 9.47 Å². The highest BCUT2D eigenvalue weighted by molar-refractivity contribution is 7.17. The molecule has 1 N–H and O–H groups in total. The molecule has 8 nitrogen and oxygen atoms in total. The number of benzene rings is 2. The van der Waals surface area contributed by atoms with E-state index in [-0.39, 0.29) is 11.9 Å². The Labute approximate surface area is 203 Å². The molecule has 0 bridgehead atoms. The number of methoxy groups -OCH3 is 2. The molecular weight excluding hydrogens is 450 g/mol. The van der Waals surface area contributed by atoms with Gasteiger partial charge < -0.3 is 14.6 Å². The third-order valence-electron chi connectivity index (χ3n) is 6.30. The Kier molecular flexibility index (Phi) is 6.40. The normalized spacial score (nSPS) is 16.1. The van der Waals surface area contributed by atoms with E-state index in [0.29, 0.717) is 22.3 Å². The lowest BCUT2D eigenvalue weighted by Crippen LogP contribution is -2.47. The van der Waals surface area contributed by atoms with Gasteiger partial charge in [0.2, 0.25) is 10.8 Å². The minimum Gasteiger partial charge on any atom is -0.493 e. The summed E-state index contributed by atoms with van der Waals surface area (Å²) in [6, 6.07) is 16.4. The van der Waals surface area contributed by atoms with Crippen molar-refractivity contribution >= 4 is 16.3 Å². The molecule has 1 aliphatic heterocycles. The molecule has 34 heavy (non-hydrogen) atoms. The zero-order valence-electron chi connectivity index (χ0n) is 19.6. The smallest absolute Gasteiger partial charge is 0.230 e. The summed E-state index contributed by atoms with van der Waals surface area (Å²) in [4.78, 5) is 10.9. The molecule has 1 atom stereocenters. The van der Waals surface area contributed by atoms with Crippen LogP contribution in [0.4, 0.5) is 0 Å². The predicted molar refractivity (Wildman–Crippen MR) is 132 cm³/mol. The van der Waals surface area contributed by atoms with Crippen LogP contribution in [-0.4, -0.2) is 69.9 Å². The average molecular weight is 480 g/mol. The molecule has 0 saturated carbocycles. The van der Waals surface area contributed by atoms with Crippen LogP contribution in [0.3, 0.4) is 0 Å². The van der Waals surface area contributed by atoms with Crippen molar-refractivity contribution in [3.8, 4) is 17.4 Å². The zero-order chi connectivity index (χ0) is 23.7. The number of fused-ring (bicyclic) bond motifs is 1. The fourth-order valence-electron chi connectivity index (χ4n) is 4.60. The van der Waals surface area contributed by atoms with E-state index >= 15 is 0 Å². The molecule has 5 rings (SSSR count). The van der Waals surface area contributed by atoms with E-state index in [2.05, 4.69) is 50.2 Å². The van der Waals surface area contributed by atoms with Gasteiger partial charge in [-0.25, -0.2) is 4.98 Å². The van der Waals surface area contributed by atoms with E-state index in [1.165, 1.54) is 21.4 Å². The number of thiazole rings is 1. The summed E-state index contributed by atoms with van der Waals surface area (Å²) >= 11 is 1.48. The topological polar surface area (TPSA) is 75.4 Å². The van der Waals surface area contributed by atoms with Crippen molar-refractivity contribution in [1.29, 1.82) is 0 Å². The van der Waals surface area contributed by atoms with Gasteiger partial charge in [0.15, 0.2) is 11.5 Å². The van der Waals surface area contributed by atoms with Crippen LogP contribution in [0.15, 0.2) is 48.5 Å². The lowest BCUT2D eigenvalue weighted by Gasteiger charge is -2.39. The molecule has 0 unspecified atom stereocenters. The molecule has 4 aromatic rings. The number of aryl methyl sites for hydroxylation is 1. The van der Waals surface area contributed by atoms with Crippen molar-refractivity contribution in [3.05, 3.63) is 70.4 Å². The maximum atomic E-state index is 11.1. The number of aromatic nitrogens is 3. The predicted octanol–water partition coefficient (Wildman–Crippen LogP) is 3.73. The van der Waals surface area contributed by atoms with Gasteiger partial charge in [0.25, 0.3) is 0 Å². The van der Waals surface area contributed by atoms with Crippen LogP contribution < -0.4 is 9.47 Å². The molecule has 0 spiro atoms. The fraction of sp³-hybridized carbons (Fsp3) is 0.360. The second-order valence-corrected chi connectivity index (χ2v) is 9.47. The number of hydrogen-bond acceptors (Lipinski definition) is 8. The molecule has 9 heteroatoms. The van der Waals surface area contributed by atoms with Gasteiger partial charge >= 0.3 is 0 Å². The fourth-order valence-corrected chi connectivity index (χ4v) is 5.76. The second kappa shape index (κ2) is 9.61. The van der Waals surface area contributed by atoms with Gasteiger partial charge in [0.05, 0.1) is 25.1 Å². The van der Waals surface area contributed by atoms with Gasteiger partial charge in [-0.2, -0.15) is 4.52 Å². The van der Waals surface area contributed by atoms with E-state index in [9.17, 15) is 5.11 Å². The van der Waals surface area contributed by atoms with Crippen molar-refractivity contribution in [2.45, 2.75) is 19.5 Å². The van der Waals surface area contributed by atoms with Gasteiger partial charge in [-0.05, 0) is 30.2 Å². The Bertz CT molecular complexity index is 1260. The number of ether oxygens (including phenoxy) is 2. The maximum absolute atomic E-state index is 11.1. The molecule has 0 aliphatic carbocycles. The summed E-state index contributed by atoms with van der Waals surface area (Å²) in [6.07, 6.45) is 0. The quantitative estimate of drug-likeness (QED) is 0.433.